The highest BCUT2D eigenvalue weighted by Crippen LogP contribution is 2.39. The van der Waals surface area contributed by atoms with Crippen molar-refractivity contribution >= 4 is 23.5 Å². The van der Waals surface area contributed by atoms with Crippen molar-refractivity contribution in [3.63, 3.8) is 0 Å². The number of alkyl halides is 1. The number of aromatic amines is 1. The molecule has 156 valence electrons. The number of carbonyl (C=O) groups is 2. The van der Waals surface area contributed by atoms with Gasteiger partial charge < -0.3 is 14.2 Å². The Morgan fingerprint density at radius 2 is 1.96 bits per heavy atom. The van der Waals surface area contributed by atoms with Crippen LogP contribution in [0.3, 0.4) is 0 Å². The van der Waals surface area contributed by atoms with Crippen molar-refractivity contribution in [3.8, 4) is 0 Å². The fraction of sp³-hybridized carbons (Fsp3) is 0.706. The first-order valence-corrected chi connectivity index (χ1v) is 9.42. The topological polar surface area (TPSA) is 130 Å². The van der Waals surface area contributed by atoms with Gasteiger partial charge in [0.2, 0.25) is 0 Å². The van der Waals surface area contributed by atoms with E-state index in [2.05, 4.69) is 10.1 Å². The second kappa shape index (κ2) is 8.87. The number of rotatable bonds is 7. The van der Waals surface area contributed by atoms with Gasteiger partial charge in [0.25, 0.3) is 5.56 Å². The standard InChI is InChI=1S/C17H24ClN3O7/c1-9(2)14(23)26-8-17(7-18)11(27-15(24)10(3)4)5-13(28-17)21-16(25)20-12(22)6-19-21/h6,9-11,13H,5,7-8H2,1-4H3,(H,20,22,25)/t11-,13+,17+/m0/s1. The van der Waals surface area contributed by atoms with Crippen LogP contribution in [0, 0.1) is 11.8 Å². The molecular weight excluding hydrogens is 394 g/mol. The molecule has 0 aromatic carbocycles. The summed E-state index contributed by atoms with van der Waals surface area (Å²) in [6.07, 6.45) is -0.876. The van der Waals surface area contributed by atoms with E-state index in [4.69, 9.17) is 25.8 Å². The Bertz CT molecular complexity index is 835. The Morgan fingerprint density at radius 1 is 1.32 bits per heavy atom. The van der Waals surface area contributed by atoms with Crippen molar-refractivity contribution in [2.75, 3.05) is 12.5 Å². The van der Waals surface area contributed by atoms with Gasteiger partial charge in [-0.3, -0.25) is 19.4 Å². The summed E-state index contributed by atoms with van der Waals surface area (Å²) in [4.78, 5) is 49.4. The van der Waals surface area contributed by atoms with Crippen molar-refractivity contribution in [1.29, 1.82) is 0 Å². The zero-order valence-corrected chi connectivity index (χ0v) is 16.9. The summed E-state index contributed by atoms with van der Waals surface area (Å²) < 4.78 is 17.7. The molecule has 11 heteroatoms. The van der Waals surface area contributed by atoms with Crippen molar-refractivity contribution in [3.05, 3.63) is 27.0 Å². The molecule has 0 unspecified atom stereocenters. The third-order valence-electron chi connectivity index (χ3n) is 4.27. The monoisotopic (exact) mass is 417 g/mol. The molecular formula is C17H24ClN3O7. The molecule has 10 nitrogen and oxygen atoms in total. The van der Waals surface area contributed by atoms with Crippen LogP contribution >= 0.6 is 11.6 Å². The van der Waals surface area contributed by atoms with Gasteiger partial charge >= 0.3 is 17.6 Å². The van der Waals surface area contributed by atoms with Crippen molar-refractivity contribution in [2.45, 2.75) is 52.0 Å². The maximum absolute atomic E-state index is 12.1. The van der Waals surface area contributed by atoms with Crippen molar-refractivity contribution in [2.24, 2.45) is 11.8 Å². The number of esters is 2. The average molecular weight is 418 g/mol. The molecule has 28 heavy (non-hydrogen) atoms. The number of H-pyrrole nitrogens is 1. The SMILES string of the molecule is CC(C)C(=O)OC[C@@]1(CCl)O[C@@H](n2ncc(=O)[nH]c2=O)C[C@@H]1OC(=O)C(C)C. The van der Waals surface area contributed by atoms with Gasteiger partial charge in [-0.15, -0.1) is 11.6 Å². The van der Waals surface area contributed by atoms with Gasteiger partial charge in [0.05, 0.1) is 17.7 Å². The molecule has 1 saturated heterocycles. The Hall–Kier alpha value is -2.20. The molecule has 1 aromatic rings. The summed E-state index contributed by atoms with van der Waals surface area (Å²) in [5, 5.41) is 3.78. The van der Waals surface area contributed by atoms with Crippen LogP contribution in [0.25, 0.3) is 0 Å². The molecule has 0 bridgehead atoms. The minimum absolute atomic E-state index is 0.0450. The minimum Gasteiger partial charge on any atom is -0.462 e. The average Bonchev–Trinajstić information content (AvgIpc) is 2.97. The van der Waals surface area contributed by atoms with Gasteiger partial charge in [0.15, 0.2) is 11.8 Å². The Balaban J connectivity index is 2.33. The molecule has 1 aliphatic heterocycles. The summed E-state index contributed by atoms with van der Waals surface area (Å²) in [6.45, 7) is 6.43. The summed E-state index contributed by atoms with van der Waals surface area (Å²) >= 11 is 6.13. The molecule has 0 amide bonds. The van der Waals surface area contributed by atoms with E-state index in [9.17, 15) is 19.2 Å². The zero-order valence-electron chi connectivity index (χ0n) is 16.1. The van der Waals surface area contributed by atoms with Crippen LogP contribution in [-0.2, 0) is 23.8 Å². The summed E-state index contributed by atoms with van der Waals surface area (Å²) in [5.41, 5.74) is -2.80. The lowest BCUT2D eigenvalue weighted by Crippen LogP contribution is -2.49. The fourth-order valence-electron chi connectivity index (χ4n) is 2.58. The number of nitrogens with one attached hydrogen (secondary N) is 1. The molecule has 0 spiro atoms. The first-order chi connectivity index (χ1) is 13.1. The number of aromatic nitrogens is 3. The molecule has 2 heterocycles. The Kier molecular flexibility index (Phi) is 7.00. The first-order valence-electron chi connectivity index (χ1n) is 8.88. The lowest BCUT2D eigenvalue weighted by Gasteiger charge is -2.32. The van der Waals surface area contributed by atoms with E-state index in [-0.39, 0.29) is 24.8 Å². The highest BCUT2D eigenvalue weighted by molar-refractivity contribution is 6.18. The largest absolute Gasteiger partial charge is 0.462 e. The van der Waals surface area contributed by atoms with Gasteiger partial charge in [0, 0.05) is 6.42 Å². The van der Waals surface area contributed by atoms with E-state index in [1.54, 1.807) is 27.7 Å². The van der Waals surface area contributed by atoms with Gasteiger partial charge in [-0.1, -0.05) is 27.7 Å². The fourth-order valence-corrected chi connectivity index (χ4v) is 2.90. The van der Waals surface area contributed by atoms with E-state index in [1.165, 1.54) is 0 Å². The predicted octanol–water partition coefficient (Wildman–Crippen LogP) is 0.595. The number of carbonyl (C=O) groups excluding carboxylic acids is 2. The second-order valence-electron chi connectivity index (χ2n) is 7.23. The number of halogens is 1. The van der Waals surface area contributed by atoms with Crippen LogP contribution in [0.2, 0.25) is 0 Å². The Labute approximate surface area is 166 Å². The normalized spacial score (nSPS) is 24.5. The molecule has 1 aliphatic rings. The van der Waals surface area contributed by atoms with Gasteiger partial charge in [-0.2, -0.15) is 9.78 Å². The van der Waals surface area contributed by atoms with Gasteiger partial charge in [-0.25, -0.2) is 4.79 Å². The van der Waals surface area contributed by atoms with E-state index in [0.29, 0.717) is 0 Å². The zero-order chi connectivity index (χ0) is 21.1. The second-order valence-corrected chi connectivity index (χ2v) is 7.50. The molecule has 1 fully saturated rings. The number of ether oxygens (including phenoxy) is 3. The molecule has 1 aromatic heterocycles. The molecule has 2 rings (SSSR count). The van der Waals surface area contributed by atoms with Crippen molar-refractivity contribution < 1.29 is 23.8 Å². The summed E-state index contributed by atoms with van der Waals surface area (Å²) in [7, 11) is 0. The molecule has 0 radical (unpaired) electrons. The van der Waals surface area contributed by atoms with Gasteiger partial charge in [-0.05, 0) is 0 Å². The molecule has 0 aliphatic carbocycles. The van der Waals surface area contributed by atoms with Crippen LogP contribution in [0.1, 0.15) is 40.3 Å². The van der Waals surface area contributed by atoms with Gasteiger partial charge in [0.1, 0.15) is 18.9 Å². The lowest BCUT2D eigenvalue weighted by atomic mass is 9.99. The number of hydrogen-bond donors (Lipinski definition) is 1. The maximum atomic E-state index is 12.1. The van der Waals surface area contributed by atoms with Crippen LogP contribution in [0.5, 0.6) is 0 Å². The summed E-state index contributed by atoms with van der Waals surface area (Å²) in [6, 6.07) is 0. The van der Waals surface area contributed by atoms with E-state index in [0.717, 1.165) is 10.9 Å². The quantitative estimate of drug-likeness (QED) is 0.504. The highest BCUT2D eigenvalue weighted by atomic mass is 35.5. The predicted molar refractivity (Wildman–Crippen MR) is 97.8 cm³/mol. The smallest absolute Gasteiger partial charge is 0.347 e. The Morgan fingerprint density at radius 3 is 2.50 bits per heavy atom. The van der Waals surface area contributed by atoms with E-state index >= 15 is 0 Å². The maximum Gasteiger partial charge on any atom is 0.347 e. The third kappa shape index (κ3) is 4.79. The van der Waals surface area contributed by atoms with Crippen LogP contribution in [0.4, 0.5) is 0 Å². The van der Waals surface area contributed by atoms with Crippen LogP contribution < -0.4 is 11.2 Å². The van der Waals surface area contributed by atoms with E-state index < -0.39 is 47.0 Å². The molecule has 1 N–H and O–H groups in total. The lowest BCUT2D eigenvalue weighted by molar-refractivity contribution is -0.177. The van der Waals surface area contributed by atoms with Crippen LogP contribution in [0.15, 0.2) is 15.8 Å². The molecule has 3 atom stereocenters. The molecule has 0 saturated carbocycles. The minimum atomic E-state index is -1.36. The highest BCUT2D eigenvalue weighted by Gasteiger charge is 2.53. The first kappa shape index (κ1) is 22.1. The number of nitrogens with zero attached hydrogens (tertiary/aromatic N) is 2. The van der Waals surface area contributed by atoms with Crippen molar-refractivity contribution in [1.82, 2.24) is 14.8 Å². The number of hydrogen-bond acceptors (Lipinski definition) is 8. The summed E-state index contributed by atoms with van der Waals surface area (Å²) in [5.74, 6) is -1.89. The third-order valence-corrected chi connectivity index (χ3v) is 4.72. The van der Waals surface area contributed by atoms with Crippen LogP contribution in [-0.4, -0.2) is 50.9 Å². The van der Waals surface area contributed by atoms with E-state index in [1.807, 2.05) is 0 Å².